The van der Waals surface area contributed by atoms with Crippen molar-refractivity contribution in [1.29, 1.82) is 0 Å². The minimum absolute atomic E-state index is 0.144. The number of urea groups is 1. The van der Waals surface area contributed by atoms with Gasteiger partial charge in [-0.2, -0.15) is 0 Å². The van der Waals surface area contributed by atoms with Gasteiger partial charge in [0.2, 0.25) is 0 Å². The predicted molar refractivity (Wildman–Crippen MR) is 84.0 cm³/mol. The third-order valence-corrected chi connectivity index (χ3v) is 3.14. The Balaban J connectivity index is 2.84. The minimum atomic E-state index is -0.223. The molecule has 1 rings (SSSR count). The number of rotatable bonds is 6. The van der Waals surface area contributed by atoms with Crippen LogP contribution >= 0.6 is 0 Å². The standard InChI is InChI=1S/C16H24N2O3/c1-10(2)9-17-16(19)18-12(4)13-8-15(21-6)14(20-5)7-11(13)3/h7-8,12H,1,9H2,2-6H3,(H2,17,18,19)/t12-/m0/s1. The van der Waals surface area contributed by atoms with Gasteiger partial charge in [-0.15, -0.1) is 0 Å². The monoisotopic (exact) mass is 292 g/mol. The SMILES string of the molecule is C=C(C)CNC(=O)N[C@@H](C)c1cc(OC)c(OC)cc1C. The number of nitrogens with one attached hydrogen (secondary N) is 2. The zero-order valence-electron chi connectivity index (χ0n) is 13.4. The van der Waals surface area contributed by atoms with E-state index in [1.165, 1.54) is 0 Å². The predicted octanol–water partition coefficient (Wildman–Crippen LogP) is 2.95. The van der Waals surface area contributed by atoms with Crippen LogP contribution in [0.25, 0.3) is 0 Å². The molecule has 0 spiro atoms. The van der Waals surface area contributed by atoms with Crippen molar-refractivity contribution in [2.24, 2.45) is 0 Å². The maximum atomic E-state index is 11.8. The van der Waals surface area contributed by atoms with Gasteiger partial charge in [0.15, 0.2) is 11.5 Å². The van der Waals surface area contributed by atoms with Crippen molar-refractivity contribution in [1.82, 2.24) is 10.6 Å². The van der Waals surface area contributed by atoms with Gasteiger partial charge in [-0.05, 0) is 44.0 Å². The van der Waals surface area contributed by atoms with Crippen LogP contribution in [0.3, 0.4) is 0 Å². The lowest BCUT2D eigenvalue weighted by molar-refractivity contribution is 0.238. The molecule has 0 aliphatic heterocycles. The first-order chi connectivity index (χ1) is 9.88. The molecule has 2 N–H and O–H groups in total. The van der Waals surface area contributed by atoms with E-state index < -0.39 is 0 Å². The molecule has 0 aromatic heterocycles. The highest BCUT2D eigenvalue weighted by atomic mass is 16.5. The van der Waals surface area contributed by atoms with Crippen molar-refractivity contribution in [2.45, 2.75) is 26.8 Å². The van der Waals surface area contributed by atoms with Gasteiger partial charge in [0.1, 0.15) is 0 Å². The Morgan fingerprint density at radius 3 is 2.38 bits per heavy atom. The first kappa shape index (κ1) is 16.9. The van der Waals surface area contributed by atoms with Crippen LogP contribution in [0.1, 0.15) is 31.0 Å². The van der Waals surface area contributed by atoms with E-state index in [4.69, 9.17) is 9.47 Å². The number of methoxy groups -OCH3 is 2. The molecule has 0 unspecified atom stereocenters. The summed E-state index contributed by atoms with van der Waals surface area (Å²) in [5.74, 6) is 1.33. The molecule has 21 heavy (non-hydrogen) atoms. The molecule has 0 aliphatic rings. The fourth-order valence-corrected chi connectivity index (χ4v) is 2.02. The highest BCUT2D eigenvalue weighted by molar-refractivity contribution is 5.74. The molecule has 1 aromatic carbocycles. The number of benzene rings is 1. The topological polar surface area (TPSA) is 59.6 Å². The van der Waals surface area contributed by atoms with Crippen LogP contribution in [0.4, 0.5) is 4.79 Å². The van der Waals surface area contributed by atoms with Crippen LogP contribution in [0.15, 0.2) is 24.3 Å². The highest BCUT2D eigenvalue weighted by Crippen LogP contribution is 2.32. The van der Waals surface area contributed by atoms with Gasteiger partial charge in [0.05, 0.1) is 20.3 Å². The molecule has 0 bridgehead atoms. The third-order valence-electron chi connectivity index (χ3n) is 3.14. The summed E-state index contributed by atoms with van der Waals surface area (Å²) in [4.78, 5) is 11.8. The molecule has 0 aliphatic carbocycles. The van der Waals surface area contributed by atoms with Crippen LogP contribution in [-0.2, 0) is 0 Å². The number of hydrogen-bond acceptors (Lipinski definition) is 3. The first-order valence-electron chi connectivity index (χ1n) is 6.80. The van der Waals surface area contributed by atoms with Gasteiger partial charge in [0.25, 0.3) is 0 Å². The lowest BCUT2D eigenvalue weighted by Gasteiger charge is -2.19. The van der Waals surface area contributed by atoms with Crippen LogP contribution < -0.4 is 20.1 Å². The maximum absolute atomic E-state index is 11.8. The minimum Gasteiger partial charge on any atom is -0.493 e. The van der Waals surface area contributed by atoms with Crippen molar-refractivity contribution in [3.63, 3.8) is 0 Å². The quantitative estimate of drug-likeness (QED) is 0.793. The molecule has 1 atom stereocenters. The molecule has 0 radical (unpaired) electrons. The van der Waals surface area contributed by atoms with E-state index >= 15 is 0 Å². The maximum Gasteiger partial charge on any atom is 0.315 e. The molecule has 1 aromatic rings. The third kappa shape index (κ3) is 4.70. The second-order valence-corrected chi connectivity index (χ2v) is 5.07. The molecule has 0 saturated heterocycles. The summed E-state index contributed by atoms with van der Waals surface area (Å²) in [7, 11) is 3.19. The van der Waals surface area contributed by atoms with Gasteiger partial charge >= 0.3 is 6.03 Å². The van der Waals surface area contributed by atoms with Crippen LogP contribution in [0.5, 0.6) is 11.5 Å². The summed E-state index contributed by atoms with van der Waals surface area (Å²) >= 11 is 0. The molecular formula is C16H24N2O3. The average molecular weight is 292 g/mol. The number of amides is 2. The molecule has 5 nitrogen and oxygen atoms in total. The Labute approximate surface area is 126 Å². The lowest BCUT2D eigenvalue weighted by Crippen LogP contribution is -2.37. The normalized spacial score (nSPS) is 11.5. The summed E-state index contributed by atoms with van der Waals surface area (Å²) in [5, 5.41) is 5.64. The summed E-state index contributed by atoms with van der Waals surface area (Å²) < 4.78 is 10.6. The molecular weight excluding hydrogens is 268 g/mol. The number of ether oxygens (including phenoxy) is 2. The molecule has 0 heterocycles. The number of carbonyl (C=O) groups is 1. The van der Waals surface area contributed by atoms with Crippen molar-refractivity contribution < 1.29 is 14.3 Å². The van der Waals surface area contributed by atoms with Crippen molar-refractivity contribution in [2.75, 3.05) is 20.8 Å². The zero-order valence-corrected chi connectivity index (χ0v) is 13.4. The van der Waals surface area contributed by atoms with E-state index in [2.05, 4.69) is 17.2 Å². The van der Waals surface area contributed by atoms with E-state index in [0.29, 0.717) is 18.0 Å². The molecule has 2 amide bonds. The van der Waals surface area contributed by atoms with E-state index in [1.54, 1.807) is 14.2 Å². The Morgan fingerprint density at radius 1 is 1.29 bits per heavy atom. The molecule has 0 fully saturated rings. The molecule has 5 heteroatoms. The van der Waals surface area contributed by atoms with Gasteiger partial charge in [-0.25, -0.2) is 4.79 Å². The van der Waals surface area contributed by atoms with Crippen molar-refractivity contribution >= 4 is 6.03 Å². The fourth-order valence-electron chi connectivity index (χ4n) is 2.02. The van der Waals surface area contributed by atoms with Crippen molar-refractivity contribution in [3.05, 3.63) is 35.4 Å². The first-order valence-corrected chi connectivity index (χ1v) is 6.80. The van der Waals surface area contributed by atoms with Crippen LogP contribution in [0.2, 0.25) is 0 Å². The fraction of sp³-hybridized carbons (Fsp3) is 0.438. The molecule has 116 valence electrons. The number of hydrogen-bond donors (Lipinski definition) is 2. The van der Waals surface area contributed by atoms with Gasteiger partial charge in [0, 0.05) is 6.54 Å². The van der Waals surface area contributed by atoms with Crippen molar-refractivity contribution in [3.8, 4) is 11.5 Å². The Hall–Kier alpha value is -2.17. The smallest absolute Gasteiger partial charge is 0.315 e. The van der Waals surface area contributed by atoms with Crippen LogP contribution in [-0.4, -0.2) is 26.8 Å². The zero-order chi connectivity index (χ0) is 16.0. The largest absolute Gasteiger partial charge is 0.493 e. The second-order valence-electron chi connectivity index (χ2n) is 5.07. The van der Waals surface area contributed by atoms with Gasteiger partial charge in [-0.3, -0.25) is 0 Å². The average Bonchev–Trinajstić information content (AvgIpc) is 2.44. The summed E-state index contributed by atoms with van der Waals surface area (Å²) in [6.07, 6.45) is 0. The number of aryl methyl sites for hydroxylation is 1. The highest BCUT2D eigenvalue weighted by Gasteiger charge is 2.15. The van der Waals surface area contributed by atoms with E-state index in [0.717, 1.165) is 16.7 Å². The summed E-state index contributed by atoms with van der Waals surface area (Å²) in [6.45, 7) is 9.97. The van der Waals surface area contributed by atoms with Gasteiger partial charge in [-0.1, -0.05) is 12.2 Å². The van der Waals surface area contributed by atoms with E-state index in [-0.39, 0.29) is 12.1 Å². The Bertz CT molecular complexity index is 526. The van der Waals surface area contributed by atoms with E-state index in [9.17, 15) is 4.79 Å². The second kappa shape index (κ2) is 7.57. The molecule has 0 saturated carbocycles. The summed E-state index contributed by atoms with van der Waals surface area (Å²) in [6, 6.07) is 3.42. The lowest BCUT2D eigenvalue weighted by atomic mass is 10.0. The van der Waals surface area contributed by atoms with Gasteiger partial charge < -0.3 is 20.1 Å². The Morgan fingerprint density at radius 2 is 1.86 bits per heavy atom. The summed E-state index contributed by atoms with van der Waals surface area (Å²) in [5.41, 5.74) is 2.92. The van der Waals surface area contributed by atoms with Crippen LogP contribution in [0, 0.1) is 6.92 Å². The Kier molecular flexibility index (Phi) is 6.09. The van der Waals surface area contributed by atoms with E-state index in [1.807, 2.05) is 32.9 Å². The number of carbonyl (C=O) groups excluding carboxylic acids is 1.